The van der Waals surface area contributed by atoms with Crippen LogP contribution in [0.3, 0.4) is 0 Å². The highest BCUT2D eigenvalue weighted by atomic mass is 32.1. The van der Waals surface area contributed by atoms with Gasteiger partial charge < -0.3 is 5.11 Å². The van der Waals surface area contributed by atoms with E-state index in [0.717, 1.165) is 11.3 Å². The van der Waals surface area contributed by atoms with Crippen molar-refractivity contribution in [2.24, 2.45) is 5.92 Å². The summed E-state index contributed by atoms with van der Waals surface area (Å²) in [7, 11) is 0. The fourth-order valence-corrected chi connectivity index (χ4v) is 2.33. The second-order valence-corrected chi connectivity index (χ2v) is 4.45. The van der Waals surface area contributed by atoms with Gasteiger partial charge in [0, 0.05) is 9.75 Å². The molecule has 1 aromatic rings. The van der Waals surface area contributed by atoms with E-state index < -0.39 is 6.10 Å². The van der Waals surface area contributed by atoms with Crippen molar-refractivity contribution in [3.05, 3.63) is 21.9 Å². The van der Waals surface area contributed by atoms with Crippen LogP contribution in [0.4, 0.5) is 0 Å². The molecule has 2 unspecified atom stereocenters. The minimum atomic E-state index is -0.615. The van der Waals surface area contributed by atoms with Crippen LogP contribution in [0.2, 0.25) is 0 Å². The summed E-state index contributed by atoms with van der Waals surface area (Å²) >= 11 is 1.60. The van der Waals surface area contributed by atoms with Gasteiger partial charge in [-0.1, -0.05) is 13.8 Å². The number of nitriles is 1. The largest absolute Gasteiger partial charge is 0.386 e. The Kier molecular flexibility index (Phi) is 4.12. The lowest BCUT2D eigenvalue weighted by atomic mass is 10.0. The summed E-state index contributed by atoms with van der Waals surface area (Å²) in [4.78, 5) is 2.17. The van der Waals surface area contributed by atoms with Crippen molar-refractivity contribution >= 4 is 11.3 Å². The molecule has 76 valence electrons. The van der Waals surface area contributed by atoms with Crippen molar-refractivity contribution in [3.63, 3.8) is 0 Å². The predicted molar refractivity (Wildman–Crippen MR) is 58.1 cm³/mol. The van der Waals surface area contributed by atoms with Crippen LogP contribution in [0.25, 0.3) is 0 Å². The van der Waals surface area contributed by atoms with Gasteiger partial charge in [0.2, 0.25) is 0 Å². The molecule has 1 N–H and O–H groups in total. The molecule has 0 aliphatic heterocycles. The summed E-state index contributed by atoms with van der Waals surface area (Å²) in [6.07, 6.45) is 1.06. The molecule has 0 saturated heterocycles. The Morgan fingerprint density at radius 2 is 2.21 bits per heavy atom. The van der Waals surface area contributed by atoms with E-state index >= 15 is 0 Å². The van der Waals surface area contributed by atoms with E-state index in [1.165, 1.54) is 4.88 Å². The van der Waals surface area contributed by atoms with Crippen molar-refractivity contribution in [1.82, 2.24) is 0 Å². The van der Waals surface area contributed by atoms with E-state index in [1.807, 2.05) is 19.1 Å². The first-order valence-corrected chi connectivity index (χ1v) is 5.70. The number of aryl methyl sites for hydroxylation is 1. The first-order valence-electron chi connectivity index (χ1n) is 4.89. The summed E-state index contributed by atoms with van der Waals surface area (Å²) in [6, 6.07) is 6.08. The average molecular weight is 209 g/mol. The third-order valence-electron chi connectivity index (χ3n) is 2.31. The van der Waals surface area contributed by atoms with Crippen molar-refractivity contribution in [2.45, 2.75) is 32.8 Å². The van der Waals surface area contributed by atoms with Gasteiger partial charge in [-0.05, 0) is 25.0 Å². The van der Waals surface area contributed by atoms with Crippen LogP contribution in [-0.2, 0) is 6.42 Å². The van der Waals surface area contributed by atoms with Crippen LogP contribution in [0.15, 0.2) is 12.1 Å². The highest BCUT2D eigenvalue weighted by Gasteiger charge is 2.20. The Labute approximate surface area is 88.8 Å². The molecule has 0 amide bonds. The number of hydrogen-bond acceptors (Lipinski definition) is 3. The Hall–Kier alpha value is -0.850. The highest BCUT2D eigenvalue weighted by Crippen LogP contribution is 2.30. The number of aliphatic hydroxyl groups is 1. The monoisotopic (exact) mass is 209 g/mol. The molecule has 1 heterocycles. The van der Waals surface area contributed by atoms with Crippen molar-refractivity contribution in [3.8, 4) is 6.07 Å². The smallest absolute Gasteiger partial charge is 0.104 e. The Morgan fingerprint density at radius 3 is 2.64 bits per heavy atom. The fraction of sp³-hybridized carbons (Fsp3) is 0.545. The van der Waals surface area contributed by atoms with E-state index in [4.69, 9.17) is 5.26 Å². The predicted octanol–water partition coefficient (Wildman–Crippen LogP) is 2.89. The topological polar surface area (TPSA) is 44.0 Å². The molecule has 0 bridgehead atoms. The zero-order valence-corrected chi connectivity index (χ0v) is 9.34. The molecule has 0 spiro atoms. The number of aliphatic hydroxyl groups excluding tert-OH is 1. The maximum absolute atomic E-state index is 9.88. The van der Waals surface area contributed by atoms with Crippen LogP contribution in [0.1, 0.15) is 36.1 Å². The molecule has 1 rings (SSSR count). The molecule has 0 aromatic carbocycles. The van der Waals surface area contributed by atoms with Crippen molar-refractivity contribution < 1.29 is 5.11 Å². The summed E-state index contributed by atoms with van der Waals surface area (Å²) in [6.45, 7) is 4.01. The normalized spacial score (nSPS) is 14.7. The Balaban J connectivity index is 2.78. The fourth-order valence-electron chi connectivity index (χ4n) is 1.33. The number of hydrogen-bond donors (Lipinski definition) is 1. The van der Waals surface area contributed by atoms with Gasteiger partial charge in [-0.15, -0.1) is 11.3 Å². The first-order chi connectivity index (χ1) is 6.72. The number of thiophene rings is 1. The molecule has 2 atom stereocenters. The quantitative estimate of drug-likeness (QED) is 0.828. The van der Waals surface area contributed by atoms with Gasteiger partial charge in [-0.25, -0.2) is 0 Å². The summed E-state index contributed by atoms with van der Waals surface area (Å²) in [5.41, 5.74) is 0. The maximum Gasteiger partial charge on any atom is 0.104 e. The van der Waals surface area contributed by atoms with Gasteiger partial charge in [-0.3, -0.25) is 0 Å². The van der Waals surface area contributed by atoms with Crippen LogP contribution >= 0.6 is 11.3 Å². The highest BCUT2D eigenvalue weighted by molar-refractivity contribution is 7.12. The van der Waals surface area contributed by atoms with E-state index in [9.17, 15) is 5.11 Å². The zero-order chi connectivity index (χ0) is 10.6. The van der Waals surface area contributed by atoms with Crippen LogP contribution in [0, 0.1) is 17.2 Å². The average Bonchev–Trinajstić information content (AvgIpc) is 2.67. The Bertz CT molecular complexity index is 326. The van der Waals surface area contributed by atoms with E-state index in [1.54, 1.807) is 11.3 Å². The number of rotatable bonds is 4. The maximum atomic E-state index is 9.88. The van der Waals surface area contributed by atoms with Gasteiger partial charge >= 0.3 is 0 Å². The summed E-state index contributed by atoms with van der Waals surface area (Å²) in [5, 5.41) is 18.7. The van der Waals surface area contributed by atoms with Crippen molar-refractivity contribution in [2.75, 3.05) is 0 Å². The van der Waals surface area contributed by atoms with Crippen LogP contribution in [0.5, 0.6) is 0 Å². The van der Waals surface area contributed by atoms with Crippen molar-refractivity contribution in [1.29, 1.82) is 5.26 Å². The van der Waals surface area contributed by atoms with E-state index in [-0.39, 0.29) is 5.92 Å². The minimum absolute atomic E-state index is 0.279. The lowest BCUT2D eigenvalue weighted by Gasteiger charge is -2.12. The van der Waals surface area contributed by atoms with Gasteiger partial charge in [0.1, 0.15) is 6.10 Å². The molecular weight excluding hydrogens is 194 g/mol. The standard InChI is InChI=1S/C11H15NOS/c1-3-8(7-12)11(13)10-6-5-9(4-2)14-10/h5-6,8,11,13H,3-4H2,1-2H3. The van der Waals surface area contributed by atoms with E-state index in [0.29, 0.717) is 6.42 Å². The molecule has 0 fully saturated rings. The molecule has 0 aliphatic carbocycles. The van der Waals surface area contributed by atoms with Crippen LogP contribution < -0.4 is 0 Å². The molecule has 0 aliphatic rings. The molecular formula is C11H15NOS. The van der Waals surface area contributed by atoms with E-state index in [2.05, 4.69) is 13.0 Å². The molecule has 14 heavy (non-hydrogen) atoms. The molecule has 3 heteroatoms. The van der Waals surface area contributed by atoms with Gasteiger partial charge in [-0.2, -0.15) is 5.26 Å². The Morgan fingerprint density at radius 1 is 1.50 bits per heavy atom. The minimum Gasteiger partial charge on any atom is -0.386 e. The molecule has 1 aromatic heterocycles. The van der Waals surface area contributed by atoms with Gasteiger partial charge in [0.25, 0.3) is 0 Å². The lowest BCUT2D eigenvalue weighted by molar-refractivity contribution is 0.136. The van der Waals surface area contributed by atoms with Gasteiger partial charge in [0.15, 0.2) is 0 Å². The second-order valence-electron chi connectivity index (χ2n) is 3.25. The first kappa shape index (κ1) is 11.2. The number of nitrogens with zero attached hydrogens (tertiary/aromatic N) is 1. The second kappa shape index (κ2) is 5.14. The third kappa shape index (κ3) is 2.34. The zero-order valence-electron chi connectivity index (χ0n) is 8.53. The summed E-state index contributed by atoms with van der Waals surface area (Å²) < 4.78 is 0. The molecule has 0 saturated carbocycles. The summed E-state index contributed by atoms with van der Waals surface area (Å²) in [5.74, 6) is -0.279. The third-order valence-corrected chi connectivity index (χ3v) is 3.61. The van der Waals surface area contributed by atoms with Gasteiger partial charge in [0.05, 0.1) is 12.0 Å². The molecule has 2 nitrogen and oxygen atoms in total. The van der Waals surface area contributed by atoms with Crippen LogP contribution in [-0.4, -0.2) is 5.11 Å². The lowest BCUT2D eigenvalue weighted by Crippen LogP contribution is -2.07. The SMILES string of the molecule is CCc1ccc(C(O)C(C#N)CC)s1. The molecule has 0 radical (unpaired) electrons.